The van der Waals surface area contributed by atoms with Crippen LogP contribution in [0.3, 0.4) is 0 Å². The molecule has 0 spiro atoms. The Hall–Kier alpha value is -2.17. The number of aromatic nitrogens is 1. The lowest BCUT2D eigenvalue weighted by atomic mass is 10.2. The van der Waals surface area contributed by atoms with Crippen molar-refractivity contribution in [2.75, 3.05) is 0 Å². The quantitative estimate of drug-likeness (QED) is 0.741. The number of allylic oxidation sites excluding steroid dienone is 1. The zero-order valence-electron chi connectivity index (χ0n) is 8.80. The van der Waals surface area contributed by atoms with Crippen molar-refractivity contribution >= 4 is 11.9 Å². The zero-order chi connectivity index (χ0) is 12.0. The Bertz CT molecular complexity index is 427. The maximum Gasteiger partial charge on any atom is 0.335 e. The van der Waals surface area contributed by atoms with Gasteiger partial charge in [-0.1, -0.05) is 6.08 Å². The molecule has 5 heteroatoms. The minimum atomic E-state index is -1.01. The summed E-state index contributed by atoms with van der Waals surface area (Å²) >= 11 is 0. The van der Waals surface area contributed by atoms with Crippen molar-refractivity contribution in [3.8, 4) is 0 Å². The van der Waals surface area contributed by atoms with Crippen molar-refractivity contribution in [2.45, 2.75) is 13.5 Å². The number of hydrogen-bond donors (Lipinski definition) is 2. The van der Waals surface area contributed by atoms with Crippen molar-refractivity contribution in [3.63, 3.8) is 0 Å². The summed E-state index contributed by atoms with van der Waals surface area (Å²) in [6.45, 7) is 1.95. The Morgan fingerprint density at radius 2 is 2.31 bits per heavy atom. The van der Waals surface area contributed by atoms with Gasteiger partial charge in [0.2, 0.25) is 5.91 Å². The third-order valence-electron chi connectivity index (χ3n) is 1.83. The molecule has 1 aromatic heterocycles. The molecule has 0 unspecified atom stereocenters. The van der Waals surface area contributed by atoms with E-state index in [2.05, 4.69) is 10.3 Å². The molecule has 16 heavy (non-hydrogen) atoms. The Labute approximate surface area is 92.8 Å². The Kier molecular flexibility index (Phi) is 4.20. The average molecular weight is 220 g/mol. The standard InChI is InChI=1S/C11H12N2O3/c1-2-3-10(14)13-7-9-6-8(11(15)16)4-5-12-9/h2-6H,7H2,1H3,(H,13,14)(H,15,16)/b3-2+. The van der Waals surface area contributed by atoms with Gasteiger partial charge in [0.1, 0.15) is 0 Å². The lowest BCUT2D eigenvalue weighted by molar-refractivity contribution is -0.116. The molecule has 0 bridgehead atoms. The van der Waals surface area contributed by atoms with Gasteiger partial charge < -0.3 is 10.4 Å². The zero-order valence-corrected chi connectivity index (χ0v) is 8.80. The van der Waals surface area contributed by atoms with E-state index in [1.54, 1.807) is 13.0 Å². The van der Waals surface area contributed by atoms with Gasteiger partial charge in [-0.2, -0.15) is 0 Å². The summed E-state index contributed by atoms with van der Waals surface area (Å²) in [5, 5.41) is 11.3. The third-order valence-corrected chi connectivity index (χ3v) is 1.83. The van der Waals surface area contributed by atoms with E-state index < -0.39 is 5.97 Å². The summed E-state index contributed by atoms with van der Waals surface area (Å²) in [6, 6.07) is 2.83. The second-order valence-corrected chi connectivity index (χ2v) is 3.06. The van der Waals surface area contributed by atoms with Gasteiger partial charge in [-0.25, -0.2) is 4.79 Å². The van der Waals surface area contributed by atoms with Crippen molar-refractivity contribution in [2.24, 2.45) is 0 Å². The second-order valence-electron chi connectivity index (χ2n) is 3.06. The molecule has 1 rings (SSSR count). The number of pyridine rings is 1. The fourth-order valence-electron chi connectivity index (χ4n) is 1.10. The number of carboxylic acids is 1. The monoisotopic (exact) mass is 220 g/mol. The highest BCUT2D eigenvalue weighted by Crippen LogP contribution is 2.01. The highest BCUT2D eigenvalue weighted by atomic mass is 16.4. The summed E-state index contributed by atoms with van der Waals surface area (Å²) in [7, 11) is 0. The SMILES string of the molecule is C/C=C/C(=O)NCc1cc(C(=O)O)ccn1. The summed E-state index contributed by atoms with van der Waals surface area (Å²) < 4.78 is 0. The predicted octanol–water partition coefficient (Wildman–Crippen LogP) is 0.972. The first-order valence-corrected chi connectivity index (χ1v) is 4.72. The van der Waals surface area contributed by atoms with Crippen molar-refractivity contribution in [3.05, 3.63) is 41.7 Å². The van der Waals surface area contributed by atoms with Crippen LogP contribution in [0.2, 0.25) is 0 Å². The van der Waals surface area contributed by atoms with Crippen LogP contribution in [-0.2, 0) is 11.3 Å². The molecular weight excluding hydrogens is 208 g/mol. The van der Waals surface area contributed by atoms with Crippen molar-refractivity contribution < 1.29 is 14.7 Å². The molecule has 0 aliphatic carbocycles. The highest BCUT2D eigenvalue weighted by Gasteiger charge is 2.04. The van der Waals surface area contributed by atoms with Crippen LogP contribution in [0, 0.1) is 0 Å². The molecule has 5 nitrogen and oxygen atoms in total. The molecule has 0 aliphatic rings. The van der Waals surface area contributed by atoms with E-state index in [9.17, 15) is 9.59 Å². The number of hydrogen-bond acceptors (Lipinski definition) is 3. The third kappa shape index (κ3) is 3.53. The van der Waals surface area contributed by atoms with Gasteiger partial charge in [-0.05, 0) is 25.1 Å². The van der Waals surface area contributed by atoms with Gasteiger partial charge in [-0.15, -0.1) is 0 Å². The number of rotatable bonds is 4. The number of nitrogens with one attached hydrogen (secondary N) is 1. The second kappa shape index (κ2) is 5.65. The molecule has 1 aromatic rings. The van der Waals surface area contributed by atoms with Crippen molar-refractivity contribution in [1.29, 1.82) is 0 Å². The Balaban J connectivity index is 2.64. The fraction of sp³-hybridized carbons (Fsp3) is 0.182. The lowest BCUT2D eigenvalue weighted by Crippen LogP contribution is -2.21. The molecule has 1 amide bonds. The van der Waals surface area contributed by atoms with Crippen LogP contribution in [0.4, 0.5) is 0 Å². The van der Waals surface area contributed by atoms with E-state index in [1.165, 1.54) is 24.4 Å². The minimum absolute atomic E-state index is 0.158. The van der Waals surface area contributed by atoms with E-state index in [0.29, 0.717) is 5.69 Å². The molecule has 0 radical (unpaired) electrons. The van der Waals surface area contributed by atoms with Crippen LogP contribution in [-0.4, -0.2) is 22.0 Å². The normalized spacial score (nSPS) is 10.3. The van der Waals surface area contributed by atoms with E-state index in [4.69, 9.17) is 5.11 Å². The number of carbonyl (C=O) groups excluding carboxylic acids is 1. The van der Waals surface area contributed by atoms with Crippen LogP contribution in [0.5, 0.6) is 0 Å². The molecule has 2 N–H and O–H groups in total. The largest absolute Gasteiger partial charge is 0.478 e. The molecule has 84 valence electrons. The first-order valence-electron chi connectivity index (χ1n) is 4.72. The molecule has 1 heterocycles. The molecule has 0 aliphatic heterocycles. The number of nitrogens with zero attached hydrogens (tertiary/aromatic N) is 1. The van der Waals surface area contributed by atoms with Gasteiger partial charge in [-0.3, -0.25) is 9.78 Å². The maximum absolute atomic E-state index is 11.1. The molecule has 0 saturated heterocycles. The first kappa shape index (κ1) is 11.9. The van der Waals surface area contributed by atoms with Crippen LogP contribution in [0.15, 0.2) is 30.5 Å². The fourth-order valence-corrected chi connectivity index (χ4v) is 1.10. The van der Waals surface area contributed by atoms with Gasteiger partial charge in [0.05, 0.1) is 17.8 Å². The summed E-state index contributed by atoms with van der Waals surface area (Å²) in [5.74, 6) is -1.24. The maximum atomic E-state index is 11.1. The molecular formula is C11H12N2O3. The van der Waals surface area contributed by atoms with Gasteiger partial charge in [0.25, 0.3) is 0 Å². The first-order chi connectivity index (χ1) is 7.63. The highest BCUT2D eigenvalue weighted by molar-refractivity contribution is 5.88. The predicted molar refractivity (Wildman–Crippen MR) is 57.9 cm³/mol. The van der Waals surface area contributed by atoms with Crippen molar-refractivity contribution in [1.82, 2.24) is 10.3 Å². The Morgan fingerprint density at radius 3 is 2.94 bits per heavy atom. The average Bonchev–Trinajstić information content (AvgIpc) is 2.27. The summed E-state index contributed by atoms with van der Waals surface area (Å²) in [5.41, 5.74) is 0.669. The van der Waals surface area contributed by atoms with Crippen LogP contribution in [0.1, 0.15) is 23.0 Å². The van der Waals surface area contributed by atoms with Crippen LogP contribution in [0.25, 0.3) is 0 Å². The van der Waals surface area contributed by atoms with Crippen LogP contribution < -0.4 is 5.32 Å². The van der Waals surface area contributed by atoms with E-state index in [0.717, 1.165) is 0 Å². The number of carbonyl (C=O) groups is 2. The van der Waals surface area contributed by atoms with Gasteiger partial charge in [0, 0.05) is 6.20 Å². The number of aromatic carboxylic acids is 1. The molecule has 0 atom stereocenters. The summed E-state index contributed by atoms with van der Waals surface area (Å²) in [4.78, 5) is 25.7. The summed E-state index contributed by atoms with van der Waals surface area (Å²) in [6.07, 6.45) is 4.41. The smallest absolute Gasteiger partial charge is 0.335 e. The van der Waals surface area contributed by atoms with Crippen LogP contribution >= 0.6 is 0 Å². The lowest BCUT2D eigenvalue weighted by Gasteiger charge is -2.02. The van der Waals surface area contributed by atoms with E-state index >= 15 is 0 Å². The minimum Gasteiger partial charge on any atom is -0.478 e. The van der Waals surface area contributed by atoms with E-state index in [1.807, 2.05) is 0 Å². The molecule has 0 aromatic carbocycles. The van der Waals surface area contributed by atoms with Gasteiger partial charge in [0.15, 0.2) is 0 Å². The Morgan fingerprint density at radius 1 is 1.56 bits per heavy atom. The van der Waals surface area contributed by atoms with Gasteiger partial charge >= 0.3 is 5.97 Å². The topological polar surface area (TPSA) is 79.3 Å². The molecule has 0 saturated carbocycles. The number of carboxylic acid groups (broad SMARTS) is 1. The number of amides is 1. The molecule has 0 fully saturated rings. The van der Waals surface area contributed by atoms with E-state index in [-0.39, 0.29) is 18.0 Å².